The highest BCUT2D eigenvalue weighted by Crippen LogP contribution is 2.40. The van der Waals surface area contributed by atoms with Gasteiger partial charge < -0.3 is 48.6 Å². The number of anilines is 2. The van der Waals surface area contributed by atoms with E-state index in [1.807, 2.05) is 57.5 Å². The molecule has 78 heavy (non-hydrogen) atoms. The number of nitrogens with zero attached hydrogens (tertiary/aromatic N) is 5. The summed E-state index contributed by atoms with van der Waals surface area (Å²) >= 11 is 7.19. The van der Waals surface area contributed by atoms with Gasteiger partial charge in [0.05, 0.1) is 97.4 Å². The van der Waals surface area contributed by atoms with Gasteiger partial charge in [-0.3, -0.25) is 24.1 Å². The van der Waals surface area contributed by atoms with E-state index in [0.717, 1.165) is 51.6 Å². The normalized spacial score (nSPS) is 16.9. The number of Topliss-reactive ketones (excluding diaryl/α,β-unsaturated/α-hetero) is 1. The van der Waals surface area contributed by atoms with Crippen molar-refractivity contribution in [1.82, 2.24) is 15.2 Å². The molecule has 0 radical (unpaired) electrons. The number of β-amino-alcohol motifs (C(OH)–C–C–N with tert-alkyl or cyclic N) is 1. The van der Waals surface area contributed by atoms with E-state index in [1.54, 1.807) is 60.4 Å². The Morgan fingerprint density at radius 2 is 1.46 bits per heavy atom. The molecule has 2 aliphatic rings. The second-order valence-corrected chi connectivity index (χ2v) is 21.6. The number of nitrogens with one attached hydrogen (secondary N) is 1. The quantitative estimate of drug-likeness (QED) is 0.0393. The average molecular weight is 1120 g/mol. The van der Waals surface area contributed by atoms with Crippen molar-refractivity contribution in [3.8, 4) is 22.3 Å². The number of hydrogen-bond acceptors (Lipinski definition) is 15. The zero-order chi connectivity index (χ0) is 56.6. The Morgan fingerprint density at radius 3 is 2.04 bits per heavy atom. The van der Waals surface area contributed by atoms with E-state index < -0.39 is 64.2 Å². The first-order valence-corrected chi connectivity index (χ1v) is 27.1. The number of halogens is 3. The van der Waals surface area contributed by atoms with Crippen LogP contribution in [0.3, 0.4) is 0 Å². The first-order valence-electron chi connectivity index (χ1n) is 25.8. The highest BCUT2D eigenvalue weighted by Gasteiger charge is 2.51. The predicted molar refractivity (Wildman–Crippen MR) is 291 cm³/mol. The smallest absolute Gasteiger partial charge is 0.417 e. The van der Waals surface area contributed by atoms with Gasteiger partial charge in [-0.1, -0.05) is 45.0 Å². The molecule has 0 unspecified atom stereocenters. The predicted octanol–water partition coefficient (Wildman–Crippen LogP) is 7.86. The lowest BCUT2D eigenvalue weighted by Crippen LogP contribution is -2.57. The van der Waals surface area contributed by atoms with Gasteiger partial charge >= 0.3 is 6.18 Å². The molecular formula is C56H69F3N6O11S2. The summed E-state index contributed by atoms with van der Waals surface area (Å²) in [6, 6.07) is 17.7. The summed E-state index contributed by atoms with van der Waals surface area (Å²) in [5, 5.41) is 22.6. The maximum Gasteiger partial charge on any atom is 0.417 e. The Balaban J connectivity index is 0.763. The first kappa shape index (κ1) is 61.3. The number of amides is 3. The Kier molecular flexibility index (Phi) is 22.3. The number of aliphatic hydroxyl groups is 1. The summed E-state index contributed by atoms with van der Waals surface area (Å²) in [6.45, 7) is 14.0. The van der Waals surface area contributed by atoms with Gasteiger partial charge in [0.25, 0.3) is 5.91 Å². The number of ether oxygens (including phenoxy) is 6. The molecule has 4 aromatic rings. The number of thiocarbonyl (C=S) groups is 1. The second kappa shape index (κ2) is 28.3. The minimum absolute atomic E-state index is 0.00552. The van der Waals surface area contributed by atoms with Crippen molar-refractivity contribution in [3.05, 3.63) is 94.6 Å². The standard InChI is InChI=1S/C56H69F3N6O11S2/c1-37-49(78-36-61-37)39-12-9-38(10-13-39)11-20-47(67)46-32-43(66)34-63(46)51(69)50(54(2,3)4)62-48(68)35-75-28-27-73-25-23-71-21-7-8-22-72-24-26-74-29-30-76-44-18-16-41(17-19-44)65-53(77)64(52(70)55(65,5)6)42-15-14-40(33-60)45(31-42)56(57,58)59/h9-10,12-19,31,36,43,46,50,66H,7-8,11,20-30,32,34-35H2,1-6H3,(H,62,68)/t43-,46+,50-/m1/s1. The number of aryl methyl sites for hydroxylation is 2. The second-order valence-electron chi connectivity index (χ2n) is 20.4. The van der Waals surface area contributed by atoms with Crippen molar-refractivity contribution in [2.75, 3.05) is 89.0 Å². The summed E-state index contributed by atoms with van der Waals surface area (Å²) in [6.07, 6.45) is -3.22. The van der Waals surface area contributed by atoms with Gasteiger partial charge in [0, 0.05) is 38.3 Å². The van der Waals surface area contributed by atoms with Crippen LogP contribution in [0.25, 0.3) is 10.4 Å². The number of unbranched alkanes of at least 4 members (excludes halogenated alkanes) is 1. The molecule has 2 fully saturated rings. The number of aliphatic hydroxyl groups excluding tert-OH is 1. The Hall–Kier alpha value is -5.90. The number of carbonyl (C=O) groups is 4. The molecule has 22 heteroatoms. The van der Waals surface area contributed by atoms with Crippen LogP contribution in [-0.4, -0.2) is 147 Å². The van der Waals surface area contributed by atoms with Crippen molar-refractivity contribution >= 4 is 63.5 Å². The molecule has 2 aliphatic heterocycles. The maximum absolute atomic E-state index is 14.0. The molecule has 0 spiro atoms. The number of nitriles is 1. The first-order chi connectivity index (χ1) is 37.1. The zero-order valence-corrected chi connectivity index (χ0v) is 46.5. The van der Waals surface area contributed by atoms with Crippen LogP contribution in [0.15, 0.2) is 72.2 Å². The third kappa shape index (κ3) is 16.6. The van der Waals surface area contributed by atoms with E-state index >= 15 is 0 Å². The lowest BCUT2D eigenvalue weighted by Gasteiger charge is -2.35. The largest absolute Gasteiger partial charge is 0.491 e. The van der Waals surface area contributed by atoms with Gasteiger partial charge in [-0.25, -0.2) is 4.98 Å². The molecule has 1 aromatic heterocycles. The van der Waals surface area contributed by atoms with E-state index in [2.05, 4.69) is 10.3 Å². The van der Waals surface area contributed by atoms with E-state index in [-0.39, 0.29) is 62.4 Å². The molecule has 2 saturated heterocycles. The van der Waals surface area contributed by atoms with Crippen LogP contribution in [0.2, 0.25) is 0 Å². The molecule has 2 N–H and O–H groups in total. The van der Waals surface area contributed by atoms with E-state index in [9.17, 15) is 42.7 Å². The van der Waals surface area contributed by atoms with E-state index in [4.69, 9.17) is 40.6 Å². The molecule has 3 aromatic carbocycles. The van der Waals surface area contributed by atoms with Gasteiger partial charge in [-0.2, -0.15) is 18.4 Å². The molecule has 0 aliphatic carbocycles. The molecule has 3 atom stereocenters. The third-order valence-corrected chi connectivity index (χ3v) is 14.4. The van der Waals surface area contributed by atoms with Crippen molar-refractivity contribution in [1.29, 1.82) is 5.26 Å². The fourth-order valence-corrected chi connectivity index (χ4v) is 10.3. The minimum Gasteiger partial charge on any atom is -0.491 e. The van der Waals surface area contributed by atoms with E-state index in [0.29, 0.717) is 64.1 Å². The number of hydrogen-bond donors (Lipinski definition) is 2. The fraction of sp³-hybridized carbons (Fsp3) is 0.518. The summed E-state index contributed by atoms with van der Waals surface area (Å²) in [5.74, 6) is -1.02. The monoisotopic (exact) mass is 1120 g/mol. The molecule has 0 bridgehead atoms. The number of alkyl halides is 3. The fourth-order valence-electron chi connectivity index (χ4n) is 8.92. The molecular weight excluding hydrogens is 1050 g/mol. The molecule has 17 nitrogen and oxygen atoms in total. The van der Waals surface area contributed by atoms with Gasteiger partial charge in [-0.05, 0) is 111 Å². The molecule has 3 amide bonds. The van der Waals surface area contributed by atoms with Crippen molar-refractivity contribution in [2.24, 2.45) is 5.41 Å². The van der Waals surface area contributed by atoms with Crippen LogP contribution >= 0.6 is 23.6 Å². The number of likely N-dealkylation sites (tertiary alicyclic amines) is 1. The summed E-state index contributed by atoms with van der Waals surface area (Å²) in [7, 11) is 0. The van der Waals surface area contributed by atoms with Crippen LogP contribution < -0.4 is 19.9 Å². The van der Waals surface area contributed by atoms with Crippen LogP contribution in [0.5, 0.6) is 5.75 Å². The minimum atomic E-state index is -4.80. The Labute approximate surface area is 462 Å². The highest BCUT2D eigenvalue weighted by atomic mass is 32.1. The highest BCUT2D eigenvalue weighted by molar-refractivity contribution is 7.81. The Morgan fingerprint density at radius 1 is 0.872 bits per heavy atom. The van der Waals surface area contributed by atoms with Crippen molar-refractivity contribution in [3.63, 3.8) is 0 Å². The van der Waals surface area contributed by atoms with Crippen LogP contribution in [0.1, 0.15) is 82.7 Å². The lowest BCUT2D eigenvalue weighted by atomic mass is 9.85. The summed E-state index contributed by atoms with van der Waals surface area (Å²) in [5.41, 5.74) is 1.67. The number of ketones is 1. The molecule has 0 saturated carbocycles. The van der Waals surface area contributed by atoms with E-state index in [1.165, 1.54) is 11.0 Å². The SMILES string of the molecule is Cc1ncsc1-c1ccc(CCC(=O)[C@@H]2C[C@@H](O)CN2C(=O)[C@@H](NC(=O)COCCOCCOCCCCOCCOCCOc2ccc(N3C(=S)N(c4ccc(C#N)c(C(F)(F)F)c4)C(=O)C3(C)C)cc2)C(C)(C)C)cc1. The Bertz CT molecular complexity index is 2710. The number of benzene rings is 3. The lowest BCUT2D eigenvalue weighted by molar-refractivity contribution is -0.144. The number of carbonyl (C=O) groups excluding carboxylic acids is 4. The number of aromatic nitrogens is 1. The number of rotatable bonds is 29. The van der Waals surface area contributed by atoms with Gasteiger partial charge in [0.1, 0.15) is 30.5 Å². The average Bonchev–Trinajstić information content (AvgIpc) is 4.20. The summed E-state index contributed by atoms with van der Waals surface area (Å²) in [4.78, 5) is 63.4. The maximum atomic E-state index is 14.0. The molecule has 6 rings (SSSR count). The molecule has 422 valence electrons. The topological polar surface area (TPSA) is 202 Å². The molecule has 3 heterocycles. The van der Waals surface area contributed by atoms with Crippen LogP contribution in [0, 0.1) is 23.7 Å². The van der Waals surface area contributed by atoms with Crippen LogP contribution in [-0.2, 0) is 55.5 Å². The summed E-state index contributed by atoms with van der Waals surface area (Å²) < 4.78 is 74.9. The number of thiazole rings is 1. The van der Waals surface area contributed by atoms with Gasteiger partial charge in [0.2, 0.25) is 11.8 Å². The third-order valence-electron chi connectivity index (χ3n) is 13.1. The van der Waals surface area contributed by atoms with Crippen molar-refractivity contribution < 1.29 is 65.9 Å². The zero-order valence-electron chi connectivity index (χ0n) is 44.9. The van der Waals surface area contributed by atoms with Crippen LogP contribution in [0.4, 0.5) is 24.5 Å². The van der Waals surface area contributed by atoms with Crippen molar-refractivity contribution in [2.45, 2.75) is 104 Å². The van der Waals surface area contributed by atoms with Gasteiger partial charge in [-0.15, -0.1) is 11.3 Å². The van der Waals surface area contributed by atoms with Gasteiger partial charge in [0.15, 0.2) is 10.9 Å².